The fraction of sp³-hybridized carbons (Fsp3) is 0.381. The Labute approximate surface area is 187 Å². The number of aliphatic imine (C=N–C) groups is 2. The molecule has 3 heterocycles. The third-order valence-electron chi connectivity index (χ3n) is 4.46. The van der Waals surface area contributed by atoms with Crippen LogP contribution in [0.5, 0.6) is 5.75 Å². The average molecular weight is 458 g/mol. The minimum atomic E-state index is -1.16. The maximum Gasteiger partial charge on any atom is 0.304 e. The van der Waals surface area contributed by atoms with E-state index in [0.717, 1.165) is 17.7 Å². The first-order valence-electron chi connectivity index (χ1n) is 9.95. The molecular formula is C21H23N5O3S2. The van der Waals surface area contributed by atoms with Crippen LogP contribution < -0.4 is 4.74 Å². The molecule has 8 nitrogen and oxygen atoms in total. The first-order valence-corrected chi connectivity index (χ1v) is 12.1. The maximum absolute atomic E-state index is 12.6. The van der Waals surface area contributed by atoms with Crippen molar-refractivity contribution in [2.24, 2.45) is 9.98 Å². The van der Waals surface area contributed by atoms with Crippen LogP contribution in [0.4, 0.5) is 0 Å². The summed E-state index contributed by atoms with van der Waals surface area (Å²) in [6, 6.07) is 7.65. The van der Waals surface area contributed by atoms with Gasteiger partial charge < -0.3 is 14.0 Å². The smallest absolute Gasteiger partial charge is 0.304 e. The second-order valence-corrected chi connectivity index (χ2v) is 9.63. The van der Waals surface area contributed by atoms with Crippen LogP contribution in [0.3, 0.4) is 0 Å². The van der Waals surface area contributed by atoms with Gasteiger partial charge in [-0.2, -0.15) is 4.98 Å². The number of aromatic nitrogens is 3. The third kappa shape index (κ3) is 4.93. The van der Waals surface area contributed by atoms with E-state index in [1.54, 1.807) is 13.3 Å². The summed E-state index contributed by atoms with van der Waals surface area (Å²) in [5.74, 6) is 1.77. The molecule has 1 aromatic carbocycles. The van der Waals surface area contributed by atoms with E-state index in [4.69, 9.17) is 14.5 Å². The Hall–Kier alpha value is -2.40. The molecule has 0 radical (unpaired) electrons. The molecule has 1 aliphatic rings. The summed E-state index contributed by atoms with van der Waals surface area (Å²) < 4.78 is 24.0. The van der Waals surface area contributed by atoms with Crippen molar-refractivity contribution in [1.29, 1.82) is 0 Å². The van der Waals surface area contributed by atoms with Gasteiger partial charge in [-0.25, -0.2) is 9.97 Å². The van der Waals surface area contributed by atoms with Crippen LogP contribution in [0.2, 0.25) is 0 Å². The van der Waals surface area contributed by atoms with Crippen LogP contribution in [-0.2, 0) is 15.9 Å². The highest BCUT2D eigenvalue weighted by molar-refractivity contribution is 7.93. The zero-order chi connectivity index (χ0) is 21.8. The molecule has 2 aromatic heterocycles. The molecule has 31 heavy (non-hydrogen) atoms. The van der Waals surface area contributed by atoms with Gasteiger partial charge in [-0.15, -0.1) is 0 Å². The Morgan fingerprint density at radius 3 is 2.81 bits per heavy atom. The van der Waals surface area contributed by atoms with E-state index in [0.29, 0.717) is 50.9 Å². The number of benzene rings is 1. The summed E-state index contributed by atoms with van der Waals surface area (Å²) in [6.45, 7) is 4.85. The van der Waals surface area contributed by atoms with Crippen LogP contribution in [-0.4, -0.2) is 57.5 Å². The summed E-state index contributed by atoms with van der Waals surface area (Å²) in [6.07, 6.45) is 2.06. The van der Waals surface area contributed by atoms with E-state index in [1.807, 2.05) is 38.1 Å². The van der Waals surface area contributed by atoms with E-state index in [-0.39, 0.29) is 0 Å². The second-order valence-electron chi connectivity index (χ2n) is 6.91. The lowest BCUT2D eigenvalue weighted by Crippen LogP contribution is -2.05. The second kappa shape index (κ2) is 9.82. The molecular weight excluding hydrogens is 434 g/mol. The van der Waals surface area contributed by atoms with Gasteiger partial charge >= 0.3 is 4.34 Å². The van der Waals surface area contributed by atoms with E-state index in [2.05, 4.69) is 20.0 Å². The van der Waals surface area contributed by atoms with Gasteiger partial charge in [-0.1, -0.05) is 19.1 Å². The van der Waals surface area contributed by atoms with Crippen molar-refractivity contribution in [3.8, 4) is 17.0 Å². The number of hydrogen-bond acceptors (Lipinski definition) is 9. The Morgan fingerprint density at radius 2 is 2.06 bits per heavy atom. The number of methoxy groups -OCH3 is 1. The van der Waals surface area contributed by atoms with E-state index in [1.165, 1.54) is 11.3 Å². The van der Waals surface area contributed by atoms with Crippen LogP contribution in [0.15, 0.2) is 38.6 Å². The molecule has 162 valence electrons. The van der Waals surface area contributed by atoms with Crippen LogP contribution in [0.25, 0.3) is 21.6 Å². The van der Waals surface area contributed by atoms with Gasteiger partial charge in [0.25, 0.3) is 0 Å². The Kier molecular flexibility index (Phi) is 6.91. The lowest BCUT2D eigenvalue weighted by Gasteiger charge is -2.10. The molecule has 2 unspecified atom stereocenters. The van der Waals surface area contributed by atoms with Crippen molar-refractivity contribution >= 4 is 44.8 Å². The summed E-state index contributed by atoms with van der Waals surface area (Å²) >= 11 is 0.178. The molecule has 0 N–H and O–H groups in total. The van der Waals surface area contributed by atoms with Gasteiger partial charge in [0.2, 0.25) is 0 Å². The minimum absolute atomic E-state index is 0.450. The molecule has 0 saturated carbocycles. The molecule has 0 bridgehead atoms. The standard InChI is InChI=1S/C21H23N5O3S2/c1-4-10-31(27)21-25-17-16(14-6-5-7-15(11-14)29-9-8-28-3)24-19(26-20(17)30-21)18-22-12-13(2)23-18/h5-7,11-12,18H,4,8-10H2,1-3H3. The van der Waals surface area contributed by atoms with Gasteiger partial charge in [0.1, 0.15) is 29.3 Å². The molecule has 0 saturated heterocycles. The zero-order valence-electron chi connectivity index (χ0n) is 17.6. The average Bonchev–Trinajstić information content (AvgIpc) is 3.40. The fourth-order valence-corrected chi connectivity index (χ4v) is 5.32. The molecule has 0 fully saturated rings. The number of nitrogens with zero attached hydrogens (tertiary/aromatic N) is 5. The number of ether oxygens (including phenoxy) is 2. The molecule has 2 atom stereocenters. The number of fused-ring (bicyclic) bond motifs is 1. The van der Waals surface area contributed by atoms with Crippen molar-refractivity contribution in [3.05, 3.63) is 30.1 Å². The monoisotopic (exact) mass is 457 g/mol. The van der Waals surface area contributed by atoms with Crippen molar-refractivity contribution < 1.29 is 14.0 Å². The SMILES string of the molecule is CCC[S+]([O-])c1nc2c(-c3cccc(OCCOC)c3)nc(C3N=CC(C)=N3)nc2s1. The third-order valence-corrected chi connectivity index (χ3v) is 7.28. The molecule has 0 aliphatic carbocycles. The normalized spacial score (nSPS) is 16.6. The van der Waals surface area contributed by atoms with Crippen molar-refractivity contribution in [3.63, 3.8) is 0 Å². The highest BCUT2D eigenvalue weighted by Gasteiger charge is 2.24. The predicted octanol–water partition coefficient (Wildman–Crippen LogP) is 3.84. The first-order chi connectivity index (χ1) is 15.1. The highest BCUT2D eigenvalue weighted by Crippen LogP contribution is 2.34. The summed E-state index contributed by atoms with van der Waals surface area (Å²) in [7, 11) is 1.64. The molecule has 10 heteroatoms. The summed E-state index contributed by atoms with van der Waals surface area (Å²) in [5, 5.41) is 0. The summed E-state index contributed by atoms with van der Waals surface area (Å²) in [4.78, 5) is 23.7. The molecule has 0 amide bonds. The Morgan fingerprint density at radius 1 is 1.19 bits per heavy atom. The lowest BCUT2D eigenvalue weighted by atomic mass is 10.1. The van der Waals surface area contributed by atoms with Crippen molar-refractivity contribution in [1.82, 2.24) is 15.0 Å². The van der Waals surface area contributed by atoms with Crippen LogP contribution in [0, 0.1) is 0 Å². The topological polar surface area (TPSA) is 105 Å². The molecule has 1 aliphatic heterocycles. The van der Waals surface area contributed by atoms with Gasteiger partial charge in [0.05, 0.1) is 12.3 Å². The minimum Gasteiger partial charge on any atom is -0.610 e. The Balaban J connectivity index is 1.80. The van der Waals surface area contributed by atoms with Crippen LogP contribution in [0.1, 0.15) is 32.3 Å². The number of thiazole rings is 1. The van der Waals surface area contributed by atoms with E-state index in [9.17, 15) is 4.55 Å². The zero-order valence-corrected chi connectivity index (χ0v) is 19.2. The van der Waals surface area contributed by atoms with E-state index >= 15 is 0 Å². The number of hydrogen-bond donors (Lipinski definition) is 0. The van der Waals surface area contributed by atoms with Gasteiger partial charge in [-0.05, 0) is 36.8 Å². The van der Waals surface area contributed by atoms with Gasteiger partial charge in [0.15, 0.2) is 16.8 Å². The fourth-order valence-electron chi connectivity index (χ4n) is 3.04. The van der Waals surface area contributed by atoms with Crippen molar-refractivity contribution in [2.45, 2.75) is 30.8 Å². The predicted molar refractivity (Wildman–Crippen MR) is 124 cm³/mol. The lowest BCUT2D eigenvalue weighted by molar-refractivity contribution is 0.146. The molecule has 3 aromatic rings. The van der Waals surface area contributed by atoms with Crippen molar-refractivity contribution in [2.75, 3.05) is 26.1 Å². The maximum atomic E-state index is 12.6. The molecule has 4 rings (SSSR count). The quantitative estimate of drug-likeness (QED) is 0.357. The summed E-state index contributed by atoms with van der Waals surface area (Å²) in [5.41, 5.74) is 2.95. The highest BCUT2D eigenvalue weighted by atomic mass is 32.2. The Bertz CT molecular complexity index is 1130. The largest absolute Gasteiger partial charge is 0.610 e. The van der Waals surface area contributed by atoms with Gasteiger partial charge in [-0.3, -0.25) is 9.98 Å². The van der Waals surface area contributed by atoms with Gasteiger partial charge in [0, 0.05) is 30.1 Å². The molecule has 0 spiro atoms. The first kappa shape index (κ1) is 21.8. The van der Waals surface area contributed by atoms with Crippen LogP contribution >= 0.6 is 11.3 Å². The van der Waals surface area contributed by atoms with E-state index < -0.39 is 17.3 Å². The number of rotatable bonds is 9.